The number of benzene rings is 3. The number of phenolic OH excluding ortho intramolecular Hbond substituents is 1. The third-order valence-corrected chi connectivity index (χ3v) is 8.49. The lowest BCUT2D eigenvalue weighted by Gasteiger charge is -2.14. The summed E-state index contributed by atoms with van der Waals surface area (Å²) in [7, 11) is 0. The van der Waals surface area contributed by atoms with Crippen LogP contribution in [0.1, 0.15) is 107 Å². The van der Waals surface area contributed by atoms with E-state index in [4.69, 9.17) is 24.4 Å². The van der Waals surface area contributed by atoms with Gasteiger partial charge in [-0.3, -0.25) is 0 Å². The Balaban J connectivity index is 0.00000319. The third-order valence-electron chi connectivity index (χ3n) is 8.49. The van der Waals surface area contributed by atoms with E-state index < -0.39 is 6.10 Å². The number of aliphatic hydroxyl groups is 1. The molecule has 4 aromatic rings. The van der Waals surface area contributed by atoms with Gasteiger partial charge in [-0.25, -0.2) is 15.0 Å². The number of hydrogen-bond acceptors (Lipinski definition) is 7. The van der Waals surface area contributed by atoms with Gasteiger partial charge in [0.25, 0.3) is 0 Å². The number of phenols is 1. The molecule has 4 rings (SSSR count). The number of aryl methyl sites for hydroxylation is 4. The average Bonchev–Trinajstić information content (AvgIpc) is 3.08. The van der Waals surface area contributed by atoms with Crippen molar-refractivity contribution in [3.63, 3.8) is 0 Å². The molecule has 0 radical (unpaired) electrons. The number of hydrogen-bond donors (Lipinski definition) is 2. The first-order valence-electron chi connectivity index (χ1n) is 18.4. The van der Waals surface area contributed by atoms with Crippen molar-refractivity contribution in [1.82, 2.24) is 15.0 Å². The fraction of sp³-hybridized carbons (Fsp3) is 0.500. The zero-order chi connectivity index (χ0) is 35.6. The first-order valence-corrected chi connectivity index (χ1v) is 18.4. The molecule has 0 aliphatic heterocycles. The molecule has 3 aromatic carbocycles. The van der Waals surface area contributed by atoms with Crippen molar-refractivity contribution in [2.75, 3.05) is 19.8 Å². The molecule has 49 heavy (non-hydrogen) atoms. The van der Waals surface area contributed by atoms with Crippen LogP contribution in [-0.4, -0.2) is 51.1 Å². The number of aliphatic hydroxyl groups excluding tert-OH is 1. The molecule has 266 valence electrons. The smallest absolute Gasteiger partial charge is 0.167 e. The van der Waals surface area contributed by atoms with Crippen molar-refractivity contribution in [2.24, 2.45) is 0 Å². The Morgan fingerprint density at radius 1 is 0.592 bits per heavy atom. The molecule has 1 aromatic heterocycles. The number of unbranched alkanes of at least 4 members (excludes halogenated alkanes) is 9. The van der Waals surface area contributed by atoms with Gasteiger partial charge >= 0.3 is 0 Å². The van der Waals surface area contributed by atoms with Gasteiger partial charge < -0.3 is 19.7 Å². The van der Waals surface area contributed by atoms with E-state index in [9.17, 15) is 10.2 Å². The van der Waals surface area contributed by atoms with Crippen molar-refractivity contribution >= 4 is 0 Å². The maximum absolute atomic E-state index is 11.1. The van der Waals surface area contributed by atoms with E-state index in [0.717, 1.165) is 46.2 Å². The Bertz CT molecular complexity index is 1500. The van der Waals surface area contributed by atoms with Gasteiger partial charge in [0.05, 0.1) is 12.2 Å². The Morgan fingerprint density at radius 2 is 1.06 bits per heavy atom. The number of aromatic hydroxyl groups is 1. The maximum Gasteiger partial charge on any atom is 0.167 e. The van der Waals surface area contributed by atoms with E-state index in [-0.39, 0.29) is 19.0 Å². The van der Waals surface area contributed by atoms with Gasteiger partial charge in [-0.05, 0) is 57.4 Å². The quantitative estimate of drug-likeness (QED) is 0.0959. The molecule has 1 heterocycles. The van der Waals surface area contributed by atoms with Gasteiger partial charge in [-0.1, -0.05) is 126 Å². The van der Waals surface area contributed by atoms with E-state index in [1.165, 1.54) is 57.4 Å². The van der Waals surface area contributed by atoms with Crippen LogP contribution in [0.5, 0.6) is 11.5 Å². The summed E-state index contributed by atoms with van der Waals surface area (Å²) in [5, 5.41) is 21.5. The molecule has 0 saturated carbocycles. The minimum absolute atomic E-state index is 0.0152. The molecule has 7 nitrogen and oxygen atoms in total. The predicted molar refractivity (Wildman–Crippen MR) is 202 cm³/mol. The molecular formula is C42H59N3O4. The zero-order valence-electron chi connectivity index (χ0n) is 31.0. The summed E-state index contributed by atoms with van der Waals surface area (Å²) in [5.41, 5.74) is 6.74. The lowest BCUT2D eigenvalue weighted by atomic mass is 10.0. The standard InChI is InChI=1S/C40H53N3O4.C2H6/c1-6-7-8-9-10-11-12-13-14-15-22-46-26-32(44)27-47-33-18-21-36(37(45)25-33)40-42-38(34-19-16-28(2)23-30(34)4)41-39(43-40)35-20-17-29(3)24-31(35)5;1-2/h16-21,23-25,32,44-45H,6-15,22,26-27H2,1-5H3;1-2H3. The van der Waals surface area contributed by atoms with E-state index in [2.05, 4.69) is 32.9 Å². The number of aromatic nitrogens is 3. The first kappa shape index (κ1) is 39.6. The minimum atomic E-state index is -0.760. The largest absolute Gasteiger partial charge is 0.507 e. The highest BCUT2D eigenvalue weighted by atomic mass is 16.5. The zero-order valence-corrected chi connectivity index (χ0v) is 31.0. The van der Waals surface area contributed by atoms with E-state index >= 15 is 0 Å². The Kier molecular flexibility index (Phi) is 17.2. The van der Waals surface area contributed by atoms with Crippen LogP contribution in [0.2, 0.25) is 0 Å². The summed E-state index contributed by atoms with van der Waals surface area (Å²) in [4.78, 5) is 14.5. The molecule has 0 saturated heterocycles. The highest BCUT2D eigenvalue weighted by Crippen LogP contribution is 2.34. The molecule has 1 atom stereocenters. The van der Waals surface area contributed by atoms with Gasteiger partial charge in [-0.15, -0.1) is 0 Å². The van der Waals surface area contributed by atoms with Gasteiger partial charge in [0.2, 0.25) is 0 Å². The lowest BCUT2D eigenvalue weighted by Crippen LogP contribution is -2.23. The predicted octanol–water partition coefficient (Wildman–Crippen LogP) is 10.5. The molecular weight excluding hydrogens is 610 g/mol. The van der Waals surface area contributed by atoms with E-state index in [1.807, 2.05) is 52.0 Å². The first-order chi connectivity index (χ1) is 23.7. The van der Waals surface area contributed by atoms with Crippen LogP contribution >= 0.6 is 0 Å². The lowest BCUT2D eigenvalue weighted by molar-refractivity contribution is 0.0109. The number of nitrogens with zero attached hydrogens (tertiary/aromatic N) is 3. The molecule has 0 spiro atoms. The monoisotopic (exact) mass is 669 g/mol. The van der Waals surface area contributed by atoms with Crippen molar-refractivity contribution in [3.05, 3.63) is 76.9 Å². The maximum atomic E-state index is 11.1. The molecule has 0 fully saturated rings. The van der Waals surface area contributed by atoms with Crippen LogP contribution in [0, 0.1) is 27.7 Å². The van der Waals surface area contributed by atoms with E-state index in [1.54, 1.807) is 12.1 Å². The van der Waals surface area contributed by atoms with Crippen molar-refractivity contribution in [3.8, 4) is 45.7 Å². The topological polar surface area (TPSA) is 97.6 Å². The summed E-state index contributed by atoms with van der Waals surface area (Å²) in [5.74, 6) is 1.89. The third kappa shape index (κ3) is 12.9. The van der Waals surface area contributed by atoms with Crippen molar-refractivity contribution < 1.29 is 19.7 Å². The second-order valence-corrected chi connectivity index (χ2v) is 12.8. The van der Waals surface area contributed by atoms with Crippen LogP contribution < -0.4 is 4.74 Å². The van der Waals surface area contributed by atoms with Crippen LogP contribution in [0.25, 0.3) is 34.2 Å². The summed E-state index contributed by atoms with van der Waals surface area (Å²) < 4.78 is 11.5. The van der Waals surface area contributed by atoms with E-state index in [0.29, 0.717) is 35.4 Å². The Labute approximate surface area is 295 Å². The molecule has 0 amide bonds. The Hall–Kier alpha value is -3.81. The van der Waals surface area contributed by atoms with Crippen LogP contribution in [0.4, 0.5) is 0 Å². The van der Waals surface area contributed by atoms with Gasteiger partial charge in [0.15, 0.2) is 17.5 Å². The minimum Gasteiger partial charge on any atom is -0.507 e. The number of ether oxygens (including phenoxy) is 2. The second-order valence-electron chi connectivity index (χ2n) is 12.8. The summed E-state index contributed by atoms with van der Waals surface area (Å²) in [6, 6.07) is 17.4. The molecule has 7 heteroatoms. The SMILES string of the molecule is CC.CCCCCCCCCCCCOCC(O)COc1ccc(-c2nc(-c3ccc(C)cc3C)nc(-c3ccc(C)cc3C)n2)c(O)c1. The fourth-order valence-corrected chi connectivity index (χ4v) is 5.81. The van der Waals surface area contributed by atoms with Crippen LogP contribution in [-0.2, 0) is 4.74 Å². The molecule has 0 aliphatic rings. The van der Waals surface area contributed by atoms with Gasteiger partial charge in [0.1, 0.15) is 24.2 Å². The fourth-order valence-electron chi connectivity index (χ4n) is 5.81. The highest BCUT2D eigenvalue weighted by Gasteiger charge is 2.18. The van der Waals surface area contributed by atoms with Crippen molar-refractivity contribution in [1.29, 1.82) is 0 Å². The average molecular weight is 670 g/mol. The van der Waals surface area contributed by atoms with Gasteiger partial charge in [-0.2, -0.15) is 0 Å². The van der Waals surface area contributed by atoms with Crippen LogP contribution in [0.15, 0.2) is 54.6 Å². The normalized spacial score (nSPS) is 11.6. The second kappa shape index (κ2) is 21.3. The molecule has 2 N–H and O–H groups in total. The summed E-state index contributed by atoms with van der Waals surface area (Å²) in [6.45, 7) is 15.4. The Morgan fingerprint density at radius 3 is 1.55 bits per heavy atom. The molecule has 0 bridgehead atoms. The van der Waals surface area contributed by atoms with Crippen LogP contribution in [0.3, 0.4) is 0 Å². The molecule has 1 unspecified atom stereocenters. The van der Waals surface area contributed by atoms with Crippen molar-refractivity contribution in [2.45, 2.75) is 119 Å². The molecule has 0 aliphatic carbocycles. The summed E-state index contributed by atoms with van der Waals surface area (Å²) >= 11 is 0. The van der Waals surface area contributed by atoms with Gasteiger partial charge in [0, 0.05) is 23.8 Å². The number of rotatable bonds is 19. The summed E-state index contributed by atoms with van der Waals surface area (Å²) in [6.07, 6.45) is 12.0. The highest BCUT2D eigenvalue weighted by molar-refractivity contribution is 5.72.